The minimum Gasteiger partial charge on any atom is -0.327 e. The molecule has 1 nitrogen and oxygen atoms in total. The number of halogens is 4. The van der Waals surface area contributed by atoms with Gasteiger partial charge in [0, 0.05) is 6.54 Å². The van der Waals surface area contributed by atoms with Crippen LogP contribution >= 0.6 is 0 Å². The fourth-order valence-corrected chi connectivity index (χ4v) is 0.134. The zero-order chi connectivity index (χ0) is 6.78. The number of hydrogen-bond donors (Lipinski definition) is 1. The quantitative estimate of drug-likeness (QED) is 0.524. The molecule has 5 heteroatoms. The van der Waals surface area contributed by atoms with Crippen LogP contribution in [-0.4, -0.2) is 18.9 Å². The molecule has 50 valence electrons. The summed E-state index contributed by atoms with van der Waals surface area (Å²) < 4.78 is 44.4. The Labute approximate surface area is 43.5 Å². The lowest BCUT2D eigenvalue weighted by molar-refractivity contribution is -0.177. The van der Waals surface area contributed by atoms with Crippen molar-refractivity contribution in [2.75, 3.05) is 6.54 Å². The minimum atomic E-state index is -4.78. The number of hydrogen-bond acceptors (Lipinski definition) is 1. The smallest absolute Gasteiger partial charge is 0.327 e. The molecule has 0 saturated carbocycles. The molecule has 0 aromatic carbocycles. The molecule has 8 heavy (non-hydrogen) atoms. The number of nitrogens with two attached hydrogens (primary N) is 1. The van der Waals surface area contributed by atoms with Crippen molar-refractivity contribution in [3.63, 3.8) is 0 Å². The van der Waals surface area contributed by atoms with E-state index in [4.69, 9.17) is 0 Å². The molecule has 0 amide bonds. The normalized spacial score (nSPS) is 16.1. The zero-order valence-corrected chi connectivity index (χ0v) is 3.87. The van der Waals surface area contributed by atoms with Crippen molar-refractivity contribution in [2.45, 2.75) is 12.3 Å². The fourth-order valence-electron chi connectivity index (χ4n) is 0.134. The molecule has 0 aliphatic heterocycles. The maximum atomic E-state index is 11.4. The van der Waals surface area contributed by atoms with Crippen molar-refractivity contribution in [3.05, 3.63) is 0 Å². The van der Waals surface area contributed by atoms with Gasteiger partial charge < -0.3 is 5.73 Å². The molecular weight excluding hydrogens is 126 g/mol. The van der Waals surface area contributed by atoms with Crippen LogP contribution in [0.15, 0.2) is 0 Å². The molecule has 0 fully saturated rings. The summed E-state index contributed by atoms with van der Waals surface area (Å²) in [6, 6.07) is 0. The highest BCUT2D eigenvalue weighted by Gasteiger charge is 2.38. The molecule has 0 saturated heterocycles. The molecule has 0 aromatic rings. The van der Waals surface area contributed by atoms with Crippen LogP contribution in [0.3, 0.4) is 0 Å². The Hall–Kier alpha value is -0.320. The predicted octanol–water partition coefficient (Wildman–Crippen LogP) is 0.845. The van der Waals surface area contributed by atoms with E-state index >= 15 is 0 Å². The molecule has 0 rings (SSSR count). The van der Waals surface area contributed by atoms with Crippen LogP contribution in [0.1, 0.15) is 0 Å². The first-order valence-electron chi connectivity index (χ1n) is 1.89. The maximum Gasteiger partial charge on any atom is 0.420 e. The fraction of sp³-hybridized carbons (Fsp3) is 1.00. The van der Waals surface area contributed by atoms with Crippen molar-refractivity contribution in [2.24, 2.45) is 5.73 Å². The van der Waals surface area contributed by atoms with E-state index in [1.54, 1.807) is 0 Å². The summed E-state index contributed by atoms with van der Waals surface area (Å²) >= 11 is 0. The molecule has 1 atom stereocenters. The first-order valence-corrected chi connectivity index (χ1v) is 1.89. The summed E-state index contributed by atoms with van der Waals surface area (Å²) in [7, 11) is 0. The molecule has 0 aliphatic rings. The SMILES string of the molecule is NCC(F)C(F)(F)F. The highest BCUT2D eigenvalue weighted by molar-refractivity contribution is 4.64. The van der Waals surface area contributed by atoms with Gasteiger partial charge in [-0.25, -0.2) is 4.39 Å². The lowest BCUT2D eigenvalue weighted by Gasteiger charge is -2.07. The molecule has 0 aliphatic carbocycles. The highest BCUT2D eigenvalue weighted by atomic mass is 19.4. The minimum absolute atomic E-state index is 0.997. The lowest BCUT2D eigenvalue weighted by Crippen LogP contribution is -2.31. The van der Waals surface area contributed by atoms with Crippen LogP contribution in [0.4, 0.5) is 17.6 Å². The molecule has 0 bridgehead atoms. The second-order valence-electron chi connectivity index (χ2n) is 1.24. The van der Waals surface area contributed by atoms with Crippen LogP contribution in [0.2, 0.25) is 0 Å². The van der Waals surface area contributed by atoms with Gasteiger partial charge in [0.15, 0.2) is 0 Å². The van der Waals surface area contributed by atoms with Crippen LogP contribution in [-0.2, 0) is 0 Å². The van der Waals surface area contributed by atoms with E-state index < -0.39 is 18.9 Å². The van der Waals surface area contributed by atoms with E-state index in [1.807, 2.05) is 0 Å². The zero-order valence-electron chi connectivity index (χ0n) is 3.87. The van der Waals surface area contributed by atoms with E-state index in [0.717, 1.165) is 0 Å². The summed E-state index contributed by atoms with van der Waals surface area (Å²) in [5.74, 6) is 0. The monoisotopic (exact) mass is 131 g/mol. The van der Waals surface area contributed by atoms with E-state index in [-0.39, 0.29) is 0 Å². The molecule has 0 heterocycles. The average molecular weight is 131 g/mol. The summed E-state index contributed by atoms with van der Waals surface area (Å²) in [5, 5.41) is 0. The Balaban J connectivity index is 3.62. The van der Waals surface area contributed by atoms with Gasteiger partial charge in [0.25, 0.3) is 0 Å². The average Bonchev–Trinajstić information content (AvgIpc) is 1.62. The molecule has 2 N–H and O–H groups in total. The van der Waals surface area contributed by atoms with Gasteiger partial charge in [-0.05, 0) is 0 Å². The Morgan fingerprint density at radius 3 is 1.75 bits per heavy atom. The third kappa shape index (κ3) is 2.11. The van der Waals surface area contributed by atoms with E-state index in [0.29, 0.717) is 0 Å². The highest BCUT2D eigenvalue weighted by Crippen LogP contribution is 2.21. The van der Waals surface area contributed by atoms with Crippen molar-refractivity contribution in [3.8, 4) is 0 Å². The molecule has 0 aromatic heterocycles. The molecule has 0 radical (unpaired) electrons. The second-order valence-corrected chi connectivity index (χ2v) is 1.24. The standard InChI is InChI=1S/C3H5F4N/c4-2(1-8)3(5,6)7/h2H,1,8H2. The van der Waals surface area contributed by atoms with Gasteiger partial charge in [-0.3, -0.25) is 0 Å². The topological polar surface area (TPSA) is 26.0 Å². The van der Waals surface area contributed by atoms with Crippen LogP contribution in [0.5, 0.6) is 0 Å². The summed E-state index contributed by atoms with van der Waals surface area (Å²) in [5.41, 5.74) is 4.36. The van der Waals surface area contributed by atoms with Crippen LogP contribution in [0.25, 0.3) is 0 Å². The Morgan fingerprint density at radius 1 is 1.38 bits per heavy atom. The van der Waals surface area contributed by atoms with Crippen molar-refractivity contribution < 1.29 is 17.6 Å². The third-order valence-electron chi connectivity index (χ3n) is 0.562. The summed E-state index contributed by atoms with van der Waals surface area (Å²) in [6.07, 6.45) is -7.66. The lowest BCUT2D eigenvalue weighted by atomic mass is 10.4. The number of rotatable bonds is 1. The Bertz CT molecular complexity index is 68.2. The largest absolute Gasteiger partial charge is 0.420 e. The van der Waals surface area contributed by atoms with E-state index in [1.165, 1.54) is 0 Å². The maximum absolute atomic E-state index is 11.4. The Kier molecular flexibility index (Phi) is 2.21. The number of alkyl halides is 4. The van der Waals surface area contributed by atoms with Crippen molar-refractivity contribution in [1.29, 1.82) is 0 Å². The molecule has 0 spiro atoms. The predicted molar refractivity (Wildman–Crippen MR) is 20.0 cm³/mol. The summed E-state index contributed by atoms with van der Waals surface area (Å²) in [4.78, 5) is 0. The first-order chi connectivity index (χ1) is 3.48. The van der Waals surface area contributed by atoms with Crippen LogP contribution < -0.4 is 5.73 Å². The van der Waals surface area contributed by atoms with Crippen LogP contribution in [0, 0.1) is 0 Å². The van der Waals surface area contributed by atoms with Gasteiger partial charge in [0.1, 0.15) is 0 Å². The van der Waals surface area contributed by atoms with E-state index in [2.05, 4.69) is 5.73 Å². The second kappa shape index (κ2) is 2.30. The van der Waals surface area contributed by atoms with E-state index in [9.17, 15) is 17.6 Å². The third-order valence-corrected chi connectivity index (χ3v) is 0.562. The summed E-state index contributed by atoms with van der Waals surface area (Å²) in [6.45, 7) is -0.997. The first kappa shape index (κ1) is 7.68. The van der Waals surface area contributed by atoms with Gasteiger partial charge >= 0.3 is 6.18 Å². The van der Waals surface area contributed by atoms with Gasteiger partial charge in [-0.2, -0.15) is 13.2 Å². The van der Waals surface area contributed by atoms with Crippen molar-refractivity contribution in [1.82, 2.24) is 0 Å². The van der Waals surface area contributed by atoms with Crippen molar-refractivity contribution >= 4 is 0 Å². The van der Waals surface area contributed by atoms with Gasteiger partial charge in [-0.15, -0.1) is 0 Å². The molecular formula is C3H5F4N. The van der Waals surface area contributed by atoms with Gasteiger partial charge in [0.05, 0.1) is 0 Å². The van der Waals surface area contributed by atoms with Gasteiger partial charge in [0.2, 0.25) is 6.17 Å². The van der Waals surface area contributed by atoms with Gasteiger partial charge in [-0.1, -0.05) is 0 Å². The molecule has 1 unspecified atom stereocenters. The Morgan fingerprint density at radius 2 is 1.75 bits per heavy atom.